The third-order valence-corrected chi connectivity index (χ3v) is 5.11. The molecule has 1 fully saturated rings. The fraction of sp³-hybridized carbons (Fsp3) is 0.476. The van der Waals surface area contributed by atoms with Crippen LogP contribution in [0.1, 0.15) is 69.2 Å². The van der Waals surface area contributed by atoms with Crippen molar-refractivity contribution in [3.05, 3.63) is 42.4 Å². The highest BCUT2D eigenvalue weighted by atomic mass is 16.5. The maximum Gasteiger partial charge on any atom is 0.271 e. The summed E-state index contributed by atoms with van der Waals surface area (Å²) in [5, 5.41) is 7.18. The number of imidazole rings is 1. The summed E-state index contributed by atoms with van der Waals surface area (Å²) in [5.41, 5.74) is 0.837. The number of nitrogens with zero attached hydrogens (tertiary/aromatic N) is 5. The number of nitrogens with one attached hydrogen (secondary N) is 1. The normalized spacial score (nSPS) is 15.4. The minimum absolute atomic E-state index is 0.152. The van der Waals surface area contributed by atoms with Crippen LogP contribution in [-0.4, -0.2) is 36.6 Å². The van der Waals surface area contributed by atoms with E-state index >= 15 is 0 Å². The number of hydrogen-bond donors (Lipinski definition) is 1. The Hall–Kier alpha value is -3.03. The molecule has 0 atom stereocenters. The van der Waals surface area contributed by atoms with Crippen molar-refractivity contribution >= 4 is 5.91 Å². The van der Waals surface area contributed by atoms with Gasteiger partial charge in [-0.1, -0.05) is 45.2 Å². The van der Waals surface area contributed by atoms with Crippen LogP contribution in [0.15, 0.2) is 35.4 Å². The first-order valence-electron chi connectivity index (χ1n) is 10.1. The van der Waals surface area contributed by atoms with Gasteiger partial charge in [0.05, 0.1) is 5.56 Å². The Labute approximate surface area is 169 Å². The minimum atomic E-state index is -0.219. The molecule has 152 valence electrons. The third-order valence-electron chi connectivity index (χ3n) is 5.11. The summed E-state index contributed by atoms with van der Waals surface area (Å²) in [6.45, 7) is 6.08. The quantitative estimate of drug-likeness (QED) is 0.725. The predicted molar refractivity (Wildman–Crippen MR) is 108 cm³/mol. The molecule has 0 unspecified atom stereocenters. The van der Waals surface area contributed by atoms with E-state index in [4.69, 9.17) is 4.52 Å². The number of carbonyl (C=O) groups is 1. The second-order valence-electron chi connectivity index (χ2n) is 8.52. The van der Waals surface area contributed by atoms with E-state index < -0.39 is 0 Å². The van der Waals surface area contributed by atoms with Crippen molar-refractivity contribution in [1.82, 2.24) is 30.0 Å². The molecule has 1 aliphatic carbocycles. The van der Waals surface area contributed by atoms with Crippen LogP contribution in [0.2, 0.25) is 0 Å². The van der Waals surface area contributed by atoms with Gasteiger partial charge in [0.25, 0.3) is 11.8 Å². The minimum Gasteiger partial charge on any atom is -0.348 e. The highest BCUT2D eigenvalue weighted by Crippen LogP contribution is 2.27. The molecular formula is C21H26N6O2. The zero-order valence-corrected chi connectivity index (χ0v) is 17.1. The molecule has 8 heteroatoms. The number of carbonyl (C=O) groups excluding carboxylic acids is 1. The van der Waals surface area contributed by atoms with Crippen LogP contribution in [0.3, 0.4) is 0 Å². The van der Waals surface area contributed by atoms with Crippen molar-refractivity contribution < 1.29 is 9.32 Å². The molecule has 3 heterocycles. The Morgan fingerprint density at radius 3 is 2.72 bits per heavy atom. The molecular weight excluding hydrogens is 368 g/mol. The Morgan fingerprint density at radius 2 is 2.00 bits per heavy atom. The van der Waals surface area contributed by atoms with Crippen LogP contribution in [0.4, 0.5) is 0 Å². The average Bonchev–Trinajstić information content (AvgIpc) is 3.39. The maximum atomic E-state index is 12.6. The van der Waals surface area contributed by atoms with E-state index in [0.717, 1.165) is 25.7 Å². The van der Waals surface area contributed by atoms with E-state index in [1.165, 1.54) is 6.42 Å². The molecule has 0 spiro atoms. The summed E-state index contributed by atoms with van der Waals surface area (Å²) in [4.78, 5) is 25.8. The fourth-order valence-electron chi connectivity index (χ4n) is 3.47. The summed E-state index contributed by atoms with van der Waals surface area (Å²) < 4.78 is 7.19. The molecule has 0 aromatic carbocycles. The van der Waals surface area contributed by atoms with Crippen LogP contribution in [0, 0.1) is 0 Å². The van der Waals surface area contributed by atoms with Crippen molar-refractivity contribution in [2.45, 2.75) is 64.3 Å². The predicted octanol–water partition coefficient (Wildman–Crippen LogP) is 3.68. The van der Waals surface area contributed by atoms with Crippen molar-refractivity contribution in [2.75, 3.05) is 0 Å². The van der Waals surface area contributed by atoms with E-state index in [0.29, 0.717) is 28.8 Å². The van der Waals surface area contributed by atoms with Crippen LogP contribution < -0.4 is 5.32 Å². The van der Waals surface area contributed by atoms with Crippen molar-refractivity contribution in [3.63, 3.8) is 0 Å². The molecule has 4 rings (SSSR count). The fourth-order valence-corrected chi connectivity index (χ4v) is 3.47. The maximum absolute atomic E-state index is 12.6. The summed E-state index contributed by atoms with van der Waals surface area (Å²) in [6.07, 6.45) is 10.6. The molecule has 3 aromatic heterocycles. The molecule has 1 aliphatic rings. The molecule has 1 N–H and O–H groups in total. The molecule has 0 saturated heterocycles. The van der Waals surface area contributed by atoms with Gasteiger partial charge >= 0.3 is 0 Å². The zero-order valence-electron chi connectivity index (χ0n) is 17.1. The first kappa shape index (κ1) is 19.3. The van der Waals surface area contributed by atoms with E-state index in [2.05, 4.69) is 25.4 Å². The lowest BCUT2D eigenvalue weighted by molar-refractivity contribution is 0.0923. The molecule has 1 amide bonds. The van der Waals surface area contributed by atoms with Crippen molar-refractivity contribution in [3.8, 4) is 17.3 Å². The number of hydrogen-bond acceptors (Lipinski definition) is 6. The second kappa shape index (κ2) is 7.77. The van der Waals surface area contributed by atoms with E-state index in [-0.39, 0.29) is 17.4 Å². The molecule has 1 saturated carbocycles. The molecule has 0 aliphatic heterocycles. The lowest BCUT2D eigenvalue weighted by atomic mass is 9.95. The van der Waals surface area contributed by atoms with Gasteiger partial charge in [-0.2, -0.15) is 4.98 Å². The summed E-state index contributed by atoms with van der Waals surface area (Å²) in [7, 11) is 0. The first-order chi connectivity index (χ1) is 13.9. The number of pyridine rings is 1. The van der Waals surface area contributed by atoms with Gasteiger partial charge in [0, 0.05) is 23.9 Å². The van der Waals surface area contributed by atoms with Gasteiger partial charge in [0.1, 0.15) is 12.0 Å². The zero-order chi connectivity index (χ0) is 20.4. The van der Waals surface area contributed by atoms with Gasteiger partial charge in [0.2, 0.25) is 0 Å². The van der Waals surface area contributed by atoms with Gasteiger partial charge in [-0.3, -0.25) is 9.36 Å². The number of amides is 1. The standard InChI is InChI=1S/C21H26N6O2/c1-21(2,3)20-25-19(29-26-20)15-10-7-11-22-17(15)27-12-16(23-13-27)18(28)24-14-8-5-4-6-9-14/h7,10-14H,4-6,8-9H2,1-3H3,(H,24,28). The van der Waals surface area contributed by atoms with E-state index in [1.807, 2.05) is 32.9 Å². The van der Waals surface area contributed by atoms with Gasteiger partial charge in [0.15, 0.2) is 11.6 Å². The van der Waals surface area contributed by atoms with Gasteiger partial charge < -0.3 is 9.84 Å². The van der Waals surface area contributed by atoms with Crippen LogP contribution in [0.5, 0.6) is 0 Å². The Kier molecular flexibility index (Phi) is 5.17. The highest BCUT2D eigenvalue weighted by molar-refractivity contribution is 5.92. The first-order valence-corrected chi connectivity index (χ1v) is 10.1. The SMILES string of the molecule is CC(C)(C)c1noc(-c2cccnc2-n2cnc(C(=O)NC3CCCCC3)c2)n1. The van der Waals surface area contributed by atoms with Gasteiger partial charge in [-0.15, -0.1) is 0 Å². The molecule has 3 aromatic rings. The van der Waals surface area contributed by atoms with Crippen molar-refractivity contribution in [2.24, 2.45) is 0 Å². The second-order valence-corrected chi connectivity index (χ2v) is 8.52. The summed E-state index contributed by atoms with van der Waals surface area (Å²) in [5.74, 6) is 1.45. The van der Waals surface area contributed by atoms with Crippen LogP contribution in [-0.2, 0) is 5.41 Å². The Balaban J connectivity index is 1.58. The summed E-state index contributed by atoms with van der Waals surface area (Å²) in [6, 6.07) is 3.92. The van der Waals surface area contributed by atoms with Crippen LogP contribution >= 0.6 is 0 Å². The molecule has 0 radical (unpaired) electrons. The largest absolute Gasteiger partial charge is 0.348 e. The average molecular weight is 394 g/mol. The van der Waals surface area contributed by atoms with Gasteiger partial charge in [-0.05, 0) is 25.0 Å². The third kappa shape index (κ3) is 4.21. The Morgan fingerprint density at radius 1 is 1.21 bits per heavy atom. The van der Waals surface area contributed by atoms with E-state index in [1.54, 1.807) is 23.3 Å². The smallest absolute Gasteiger partial charge is 0.271 e. The molecule has 29 heavy (non-hydrogen) atoms. The molecule has 0 bridgehead atoms. The van der Waals surface area contributed by atoms with Crippen molar-refractivity contribution in [1.29, 1.82) is 0 Å². The lowest BCUT2D eigenvalue weighted by Crippen LogP contribution is -2.36. The highest BCUT2D eigenvalue weighted by Gasteiger charge is 2.24. The topological polar surface area (TPSA) is 98.7 Å². The van der Waals surface area contributed by atoms with Gasteiger partial charge in [-0.25, -0.2) is 9.97 Å². The summed E-state index contributed by atoms with van der Waals surface area (Å²) >= 11 is 0. The Bertz CT molecular complexity index is 995. The lowest BCUT2D eigenvalue weighted by Gasteiger charge is -2.22. The number of aromatic nitrogens is 5. The molecule has 8 nitrogen and oxygen atoms in total. The van der Waals surface area contributed by atoms with E-state index in [9.17, 15) is 4.79 Å². The number of rotatable bonds is 4. The monoisotopic (exact) mass is 394 g/mol. The van der Waals surface area contributed by atoms with Crippen LogP contribution in [0.25, 0.3) is 17.3 Å².